The van der Waals surface area contributed by atoms with E-state index >= 15 is 0 Å². The lowest BCUT2D eigenvalue weighted by Crippen LogP contribution is -2.31. The first-order valence-corrected chi connectivity index (χ1v) is 10.3. The van der Waals surface area contributed by atoms with Crippen LogP contribution < -0.4 is 0 Å². The summed E-state index contributed by atoms with van der Waals surface area (Å²) < 4.78 is 5.13. The number of ether oxygens (including phenoxy) is 1. The van der Waals surface area contributed by atoms with Crippen LogP contribution >= 0.6 is 22.7 Å². The molecule has 0 bridgehead atoms. The van der Waals surface area contributed by atoms with Crippen LogP contribution in [0.4, 0.5) is 0 Å². The van der Waals surface area contributed by atoms with E-state index in [0.717, 1.165) is 21.7 Å². The number of amides is 1. The molecule has 0 N–H and O–H groups in total. The van der Waals surface area contributed by atoms with Crippen LogP contribution in [0.1, 0.15) is 16.8 Å². The molecule has 0 saturated carbocycles. The number of aromatic nitrogens is 1. The van der Waals surface area contributed by atoms with Gasteiger partial charge in [0.25, 0.3) is 5.91 Å². The highest BCUT2D eigenvalue weighted by Gasteiger charge is 2.15. The van der Waals surface area contributed by atoms with Gasteiger partial charge in [0.15, 0.2) is 6.61 Å². The number of thiophene rings is 1. The molecular weight excluding hydrogens is 380 g/mol. The first kappa shape index (κ1) is 19.3. The predicted molar refractivity (Wildman–Crippen MR) is 108 cm³/mol. The van der Waals surface area contributed by atoms with Crippen LogP contribution in [0.2, 0.25) is 0 Å². The summed E-state index contributed by atoms with van der Waals surface area (Å²) in [5, 5.41) is 6.74. The van der Waals surface area contributed by atoms with E-state index in [0.29, 0.717) is 12.2 Å². The van der Waals surface area contributed by atoms with Crippen molar-refractivity contribution in [2.45, 2.75) is 19.9 Å². The topological polar surface area (TPSA) is 59.5 Å². The van der Waals surface area contributed by atoms with Gasteiger partial charge < -0.3 is 9.64 Å². The number of rotatable bonds is 7. The Balaban J connectivity index is 1.47. The molecule has 0 aliphatic rings. The molecule has 3 aromatic rings. The molecule has 1 aromatic carbocycles. The summed E-state index contributed by atoms with van der Waals surface area (Å²) in [4.78, 5) is 30.2. The van der Waals surface area contributed by atoms with Crippen molar-refractivity contribution >= 4 is 34.6 Å². The van der Waals surface area contributed by atoms with Crippen molar-refractivity contribution in [1.29, 1.82) is 0 Å². The van der Waals surface area contributed by atoms with E-state index in [1.807, 2.05) is 53.4 Å². The third-order valence-corrected chi connectivity index (χ3v) is 5.72. The maximum absolute atomic E-state index is 12.2. The molecule has 2 aromatic heterocycles. The molecular formula is C20H20N2O3S2. The van der Waals surface area contributed by atoms with Gasteiger partial charge in [-0.3, -0.25) is 9.59 Å². The average Bonchev–Trinajstić information content (AvgIpc) is 3.33. The highest BCUT2D eigenvalue weighted by atomic mass is 32.1. The molecule has 0 aliphatic carbocycles. The summed E-state index contributed by atoms with van der Waals surface area (Å²) in [5.74, 6) is -0.682. The Morgan fingerprint density at radius 2 is 2.00 bits per heavy atom. The first-order chi connectivity index (χ1) is 13.0. The van der Waals surface area contributed by atoms with Gasteiger partial charge in [-0.2, -0.15) is 11.3 Å². The predicted octanol–water partition coefficient (Wildman–Crippen LogP) is 3.92. The third-order valence-electron chi connectivity index (χ3n) is 4.10. The van der Waals surface area contributed by atoms with Crippen LogP contribution in [0.25, 0.3) is 10.6 Å². The SMILES string of the molecule is Cc1ccccc1CN(C)C(=O)COC(=O)Cc1csc(-c2ccsc2)n1. The Kier molecular flexibility index (Phi) is 6.36. The molecule has 0 aliphatic heterocycles. The largest absolute Gasteiger partial charge is 0.455 e. The molecule has 1 amide bonds. The van der Waals surface area contributed by atoms with Gasteiger partial charge in [-0.25, -0.2) is 4.98 Å². The molecule has 2 heterocycles. The number of aryl methyl sites for hydroxylation is 1. The van der Waals surface area contributed by atoms with E-state index in [1.54, 1.807) is 23.3 Å². The number of thiazole rings is 1. The second-order valence-electron chi connectivity index (χ2n) is 6.17. The van der Waals surface area contributed by atoms with E-state index in [4.69, 9.17) is 4.74 Å². The zero-order valence-electron chi connectivity index (χ0n) is 15.2. The molecule has 3 rings (SSSR count). The number of hydrogen-bond acceptors (Lipinski definition) is 6. The standard InChI is InChI=1S/C20H20N2O3S2/c1-14-5-3-4-6-15(14)10-22(2)18(23)11-25-19(24)9-17-13-27-20(21-17)16-7-8-26-12-16/h3-8,12-13H,9-11H2,1-2H3. The van der Waals surface area contributed by atoms with Crippen molar-refractivity contribution < 1.29 is 14.3 Å². The zero-order valence-corrected chi connectivity index (χ0v) is 16.8. The van der Waals surface area contributed by atoms with E-state index < -0.39 is 5.97 Å². The summed E-state index contributed by atoms with van der Waals surface area (Å²) in [7, 11) is 1.70. The summed E-state index contributed by atoms with van der Waals surface area (Å²) in [5.41, 5.74) is 3.91. The molecule has 5 nitrogen and oxygen atoms in total. The minimum Gasteiger partial charge on any atom is -0.455 e. The van der Waals surface area contributed by atoms with E-state index in [9.17, 15) is 9.59 Å². The number of esters is 1. The van der Waals surface area contributed by atoms with Crippen LogP contribution in [-0.2, 0) is 27.3 Å². The fraction of sp³-hybridized carbons (Fsp3) is 0.250. The highest BCUT2D eigenvalue weighted by molar-refractivity contribution is 7.14. The second-order valence-corrected chi connectivity index (χ2v) is 7.81. The smallest absolute Gasteiger partial charge is 0.312 e. The van der Waals surface area contributed by atoms with Crippen molar-refractivity contribution in [1.82, 2.24) is 9.88 Å². The molecule has 0 fully saturated rings. The maximum atomic E-state index is 12.2. The molecule has 0 unspecified atom stereocenters. The first-order valence-electron chi connectivity index (χ1n) is 8.44. The summed E-state index contributed by atoms with van der Waals surface area (Å²) in [6.45, 7) is 2.23. The Hall–Kier alpha value is -2.51. The normalized spacial score (nSPS) is 10.6. The zero-order chi connectivity index (χ0) is 19.2. The van der Waals surface area contributed by atoms with Gasteiger partial charge in [-0.15, -0.1) is 11.3 Å². The molecule has 7 heteroatoms. The summed E-state index contributed by atoms with van der Waals surface area (Å²) >= 11 is 3.10. The van der Waals surface area contributed by atoms with Crippen molar-refractivity contribution in [3.8, 4) is 10.6 Å². The Labute approximate surface area is 166 Å². The van der Waals surface area contributed by atoms with E-state index in [1.165, 1.54) is 11.3 Å². The van der Waals surface area contributed by atoms with Crippen molar-refractivity contribution in [3.63, 3.8) is 0 Å². The molecule has 140 valence electrons. The molecule has 0 atom stereocenters. The fourth-order valence-corrected chi connectivity index (χ4v) is 4.02. The second kappa shape index (κ2) is 8.92. The van der Waals surface area contributed by atoms with Gasteiger partial charge >= 0.3 is 5.97 Å². The minimum atomic E-state index is -0.449. The summed E-state index contributed by atoms with van der Waals surface area (Å²) in [6.07, 6.45) is 0.0649. The number of nitrogens with zero attached hydrogens (tertiary/aromatic N) is 2. The minimum absolute atomic E-state index is 0.0649. The van der Waals surface area contributed by atoms with Crippen LogP contribution in [0.15, 0.2) is 46.5 Å². The van der Waals surface area contributed by atoms with Gasteiger partial charge in [0.05, 0.1) is 12.1 Å². The van der Waals surface area contributed by atoms with Gasteiger partial charge in [-0.05, 0) is 29.5 Å². The van der Waals surface area contributed by atoms with Gasteiger partial charge in [-0.1, -0.05) is 24.3 Å². The van der Waals surface area contributed by atoms with E-state index in [-0.39, 0.29) is 18.9 Å². The Morgan fingerprint density at radius 1 is 1.19 bits per heavy atom. The molecule has 0 saturated heterocycles. The quantitative estimate of drug-likeness (QED) is 0.564. The van der Waals surface area contributed by atoms with Crippen LogP contribution in [0.3, 0.4) is 0 Å². The number of hydrogen-bond donors (Lipinski definition) is 0. The molecule has 27 heavy (non-hydrogen) atoms. The fourth-order valence-electron chi connectivity index (χ4n) is 2.49. The highest BCUT2D eigenvalue weighted by Crippen LogP contribution is 2.25. The lowest BCUT2D eigenvalue weighted by atomic mass is 10.1. The number of likely N-dealkylation sites (N-methyl/N-ethyl adjacent to an activating group) is 1. The summed E-state index contributed by atoms with van der Waals surface area (Å²) in [6, 6.07) is 9.89. The number of carbonyl (C=O) groups excluding carboxylic acids is 2. The van der Waals surface area contributed by atoms with Gasteiger partial charge in [0.1, 0.15) is 5.01 Å². The lowest BCUT2D eigenvalue weighted by molar-refractivity contribution is -0.151. The monoisotopic (exact) mass is 400 g/mol. The average molecular weight is 401 g/mol. The number of carbonyl (C=O) groups is 2. The van der Waals surface area contributed by atoms with Crippen LogP contribution in [-0.4, -0.2) is 35.4 Å². The van der Waals surface area contributed by atoms with E-state index in [2.05, 4.69) is 4.98 Å². The Morgan fingerprint density at radius 3 is 2.74 bits per heavy atom. The third kappa shape index (κ3) is 5.24. The number of benzene rings is 1. The molecule has 0 spiro atoms. The van der Waals surface area contributed by atoms with Crippen LogP contribution in [0.5, 0.6) is 0 Å². The Bertz CT molecular complexity index is 919. The molecule has 0 radical (unpaired) electrons. The van der Waals surface area contributed by atoms with Crippen LogP contribution in [0, 0.1) is 6.92 Å². The van der Waals surface area contributed by atoms with Gasteiger partial charge in [0, 0.05) is 29.9 Å². The van der Waals surface area contributed by atoms with Crippen molar-refractivity contribution in [3.05, 3.63) is 63.3 Å². The van der Waals surface area contributed by atoms with Crippen molar-refractivity contribution in [2.75, 3.05) is 13.7 Å². The lowest BCUT2D eigenvalue weighted by Gasteiger charge is -2.18. The van der Waals surface area contributed by atoms with Gasteiger partial charge in [0.2, 0.25) is 0 Å². The van der Waals surface area contributed by atoms with Crippen molar-refractivity contribution in [2.24, 2.45) is 0 Å². The maximum Gasteiger partial charge on any atom is 0.312 e.